The number of nitrogens with one attached hydrogen (secondary N) is 2. The van der Waals surface area contributed by atoms with Crippen LogP contribution in [0.15, 0.2) is 11.1 Å². The Morgan fingerprint density at radius 2 is 1.93 bits per heavy atom. The van der Waals surface area contributed by atoms with Gasteiger partial charge in [0.2, 0.25) is 10.0 Å². The molecular weight excluding hydrogens is 216 g/mol. The van der Waals surface area contributed by atoms with Gasteiger partial charge in [-0.2, -0.15) is 0 Å². The van der Waals surface area contributed by atoms with Crippen LogP contribution in [0.4, 0.5) is 0 Å². The zero-order valence-corrected chi connectivity index (χ0v) is 9.94. The normalized spacial score (nSPS) is 16.1. The minimum Gasteiger partial charge on any atom is -0.309 e. The van der Waals surface area contributed by atoms with E-state index in [1.807, 2.05) is 0 Å². The molecule has 5 nitrogen and oxygen atoms in total. The van der Waals surface area contributed by atoms with Gasteiger partial charge in [-0.15, -0.1) is 0 Å². The van der Waals surface area contributed by atoms with Crippen molar-refractivity contribution < 1.29 is 13.2 Å². The molecule has 6 heteroatoms. The molecule has 0 saturated carbocycles. The predicted molar refractivity (Wildman–Crippen MR) is 57.8 cm³/mol. The minimum absolute atomic E-state index is 0.498. The van der Waals surface area contributed by atoms with E-state index in [1.54, 1.807) is 6.92 Å². The van der Waals surface area contributed by atoms with Crippen molar-refractivity contribution in [3.8, 4) is 0 Å². The maximum atomic E-state index is 11.5. The molecule has 0 spiro atoms. The highest BCUT2D eigenvalue weighted by atomic mass is 32.2. The van der Waals surface area contributed by atoms with Crippen LogP contribution in [0.1, 0.15) is 20.8 Å². The summed E-state index contributed by atoms with van der Waals surface area (Å²) in [6.07, 6.45) is 0. The Kier molecular flexibility index (Phi) is 3.51. The highest BCUT2D eigenvalue weighted by Gasteiger charge is 2.22. The maximum Gasteiger partial charge on any atom is 0.260 e. The van der Waals surface area contributed by atoms with Gasteiger partial charge in [-0.25, -0.2) is 13.1 Å². The molecule has 1 amide bonds. The molecular formula is C9H16N2O3S. The van der Waals surface area contributed by atoms with E-state index in [9.17, 15) is 13.2 Å². The Hall–Kier alpha value is -0.880. The second-order valence-electron chi connectivity index (χ2n) is 3.86. The lowest BCUT2D eigenvalue weighted by Crippen LogP contribution is -2.40. The molecule has 1 aliphatic heterocycles. The standard InChI is InChI=1S/C9H16N2O3S/c1-6(2)15(13,14)11-9(12)7(3)8-4-10-5-8/h6,10H,4-5H2,1-3H3,(H,11,12). The third kappa shape index (κ3) is 2.79. The van der Waals surface area contributed by atoms with Gasteiger partial charge in [-0.3, -0.25) is 4.79 Å². The number of hydrogen-bond acceptors (Lipinski definition) is 4. The summed E-state index contributed by atoms with van der Waals surface area (Å²) in [6, 6.07) is 0. The quantitative estimate of drug-likeness (QED) is 0.659. The van der Waals surface area contributed by atoms with Gasteiger partial charge < -0.3 is 5.32 Å². The topological polar surface area (TPSA) is 75.3 Å². The summed E-state index contributed by atoms with van der Waals surface area (Å²) >= 11 is 0. The molecule has 2 N–H and O–H groups in total. The first-order chi connectivity index (χ1) is 6.84. The maximum absolute atomic E-state index is 11.5. The van der Waals surface area contributed by atoms with E-state index in [4.69, 9.17) is 0 Å². The van der Waals surface area contributed by atoms with Crippen molar-refractivity contribution in [1.29, 1.82) is 0 Å². The zero-order chi connectivity index (χ0) is 11.6. The van der Waals surface area contributed by atoms with Crippen LogP contribution in [0.2, 0.25) is 0 Å². The molecule has 0 aromatic carbocycles. The molecule has 1 fully saturated rings. The van der Waals surface area contributed by atoms with Crippen molar-refractivity contribution in [3.63, 3.8) is 0 Å². The lowest BCUT2D eigenvalue weighted by molar-refractivity contribution is -0.115. The van der Waals surface area contributed by atoms with Gasteiger partial charge >= 0.3 is 0 Å². The SMILES string of the molecule is CC(C(=O)NS(=O)(=O)C(C)C)=C1CNC1. The molecule has 0 bridgehead atoms. The first kappa shape index (κ1) is 12.2. The molecule has 86 valence electrons. The van der Waals surface area contributed by atoms with Gasteiger partial charge in [0.05, 0.1) is 5.25 Å². The van der Waals surface area contributed by atoms with Gasteiger partial charge in [0.15, 0.2) is 0 Å². The molecule has 1 heterocycles. The Morgan fingerprint density at radius 3 is 2.27 bits per heavy atom. The molecule has 0 radical (unpaired) electrons. The van der Waals surface area contributed by atoms with Gasteiger partial charge in [0, 0.05) is 18.7 Å². The second-order valence-corrected chi connectivity index (χ2v) is 6.09. The van der Waals surface area contributed by atoms with E-state index < -0.39 is 21.2 Å². The van der Waals surface area contributed by atoms with Crippen LogP contribution >= 0.6 is 0 Å². The number of carbonyl (C=O) groups is 1. The lowest BCUT2D eigenvalue weighted by atomic mass is 10.0. The van der Waals surface area contributed by atoms with Crippen molar-refractivity contribution in [3.05, 3.63) is 11.1 Å². The molecule has 0 aliphatic carbocycles. The molecule has 0 aromatic rings. The summed E-state index contributed by atoms with van der Waals surface area (Å²) < 4.78 is 24.9. The molecule has 1 aliphatic rings. The fourth-order valence-corrected chi connectivity index (χ4v) is 1.65. The summed E-state index contributed by atoms with van der Waals surface area (Å²) in [5.74, 6) is -0.514. The molecule has 15 heavy (non-hydrogen) atoms. The molecule has 1 saturated heterocycles. The van der Waals surface area contributed by atoms with Crippen molar-refractivity contribution in [2.24, 2.45) is 0 Å². The van der Waals surface area contributed by atoms with Gasteiger partial charge in [-0.05, 0) is 26.3 Å². The van der Waals surface area contributed by atoms with Crippen LogP contribution in [0, 0.1) is 0 Å². The lowest BCUT2D eigenvalue weighted by Gasteiger charge is -2.21. The largest absolute Gasteiger partial charge is 0.309 e. The van der Waals surface area contributed by atoms with E-state index in [2.05, 4.69) is 10.0 Å². The Morgan fingerprint density at radius 1 is 1.40 bits per heavy atom. The fraction of sp³-hybridized carbons (Fsp3) is 0.667. The van der Waals surface area contributed by atoms with Crippen LogP contribution in [0.5, 0.6) is 0 Å². The Balaban J connectivity index is 2.72. The zero-order valence-electron chi connectivity index (χ0n) is 9.12. The third-order valence-corrected chi connectivity index (χ3v) is 4.11. The monoisotopic (exact) mass is 232 g/mol. The molecule has 0 aromatic heterocycles. The number of sulfonamides is 1. The van der Waals surface area contributed by atoms with Gasteiger partial charge in [0.25, 0.3) is 5.91 Å². The highest BCUT2D eigenvalue weighted by molar-refractivity contribution is 7.90. The van der Waals surface area contributed by atoms with E-state index >= 15 is 0 Å². The fourth-order valence-electron chi connectivity index (χ4n) is 0.999. The van der Waals surface area contributed by atoms with Crippen LogP contribution in [0.25, 0.3) is 0 Å². The number of amides is 1. The Labute approximate surface area is 90.0 Å². The molecule has 1 rings (SSSR count). The van der Waals surface area contributed by atoms with E-state index in [0.29, 0.717) is 18.7 Å². The van der Waals surface area contributed by atoms with Crippen molar-refractivity contribution >= 4 is 15.9 Å². The molecule has 0 atom stereocenters. The summed E-state index contributed by atoms with van der Waals surface area (Å²) in [6.45, 7) is 6.04. The van der Waals surface area contributed by atoms with E-state index in [-0.39, 0.29) is 0 Å². The van der Waals surface area contributed by atoms with Gasteiger partial charge in [0.1, 0.15) is 0 Å². The van der Waals surface area contributed by atoms with E-state index in [0.717, 1.165) is 5.57 Å². The average Bonchev–Trinajstić information content (AvgIpc) is 1.99. The van der Waals surface area contributed by atoms with Crippen molar-refractivity contribution in [2.45, 2.75) is 26.0 Å². The summed E-state index contributed by atoms with van der Waals surface area (Å²) in [4.78, 5) is 11.5. The summed E-state index contributed by atoms with van der Waals surface area (Å²) in [5, 5.41) is 2.40. The van der Waals surface area contributed by atoms with Crippen LogP contribution in [-0.4, -0.2) is 32.7 Å². The van der Waals surface area contributed by atoms with Crippen molar-refractivity contribution in [2.75, 3.05) is 13.1 Å². The number of hydrogen-bond donors (Lipinski definition) is 2. The Bertz CT molecular complexity index is 390. The minimum atomic E-state index is -3.51. The molecule has 0 unspecified atom stereocenters. The second kappa shape index (κ2) is 4.32. The van der Waals surface area contributed by atoms with Gasteiger partial charge in [-0.1, -0.05) is 0 Å². The van der Waals surface area contributed by atoms with Crippen LogP contribution in [0.3, 0.4) is 0 Å². The number of rotatable bonds is 3. The average molecular weight is 232 g/mol. The predicted octanol–water partition coefficient (Wildman–Crippen LogP) is -0.239. The van der Waals surface area contributed by atoms with Crippen LogP contribution < -0.4 is 10.0 Å². The van der Waals surface area contributed by atoms with Crippen molar-refractivity contribution in [1.82, 2.24) is 10.0 Å². The summed E-state index contributed by atoms with van der Waals surface area (Å²) in [7, 11) is -3.51. The third-order valence-electron chi connectivity index (χ3n) is 2.40. The first-order valence-corrected chi connectivity index (χ1v) is 6.34. The first-order valence-electron chi connectivity index (χ1n) is 4.80. The smallest absolute Gasteiger partial charge is 0.260 e. The highest BCUT2D eigenvalue weighted by Crippen LogP contribution is 2.09. The summed E-state index contributed by atoms with van der Waals surface area (Å²) in [5.41, 5.74) is 1.46. The van der Waals surface area contributed by atoms with Crippen LogP contribution in [-0.2, 0) is 14.8 Å². The number of carbonyl (C=O) groups excluding carboxylic acids is 1. The van der Waals surface area contributed by atoms with E-state index in [1.165, 1.54) is 13.8 Å².